The van der Waals surface area contributed by atoms with Crippen molar-refractivity contribution in [1.82, 2.24) is 10.2 Å². The number of halogens is 4. The molecule has 1 aromatic carbocycles. The van der Waals surface area contributed by atoms with Crippen molar-refractivity contribution in [3.8, 4) is 11.3 Å². The van der Waals surface area contributed by atoms with E-state index in [9.17, 15) is 17.6 Å². The molecule has 0 bridgehead atoms. The molecule has 0 aliphatic heterocycles. The second-order valence-corrected chi connectivity index (χ2v) is 5.56. The summed E-state index contributed by atoms with van der Waals surface area (Å²) in [4.78, 5) is 0. The molecule has 2 rings (SSSR count). The lowest BCUT2D eigenvalue weighted by Crippen LogP contribution is -2.07. The van der Waals surface area contributed by atoms with E-state index in [1.165, 1.54) is 6.07 Å². The van der Waals surface area contributed by atoms with E-state index in [-0.39, 0.29) is 22.7 Å². The molecule has 2 nitrogen and oxygen atoms in total. The predicted molar refractivity (Wildman–Crippen MR) is 72.0 cm³/mol. The zero-order chi connectivity index (χ0) is 15.9. The number of hydrogen-bond acceptors (Lipinski definition) is 1. The molecular weight excluding hydrogens is 284 g/mol. The largest absolute Gasteiger partial charge is 0.282 e. The molecule has 1 aromatic heterocycles. The Morgan fingerprint density at radius 2 is 1.43 bits per heavy atom. The van der Waals surface area contributed by atoms with E-state index in [1.54, 1.807) is 13.8 Å². The lowest BCUT2D eigenvalue weighted by molar-refractivity contribution is 0.403. The van der Waals surface area contributed by atoms with Crippen LogP contribution in [0.3, 0.4) is 0 Å². The fraction of sp³-hybridized carbons (Fsp3) is 0.400. The van der Waals surface area contributed by atoms with Gasteiger partial charge in [0, 0.05) is 16.8 Å². The predicted octanol–water partition coefficient (Wildman–Crippen LogP) is 4.88. The second kappa shape index (κ2) is 5.50. The van der Waals surface area contributed by atoms with Gasteiger partial charge in [0.25, 0.3) is 0 Å². The maximum absolute atomic E-state index is 14.1. The van der Waals surface area contributed by atoms with E-state index in [0.717, 1.165) is 0 Å². The molecule has 114 valence electrons. The van der Waals surface area contributed by atoms with E-state index in [2.05, 4.69) is 10.2 Å². The average molecular weight is 300 g/mol. The SMILES string of the molecule is CC(C)c1cc(-c2c(F)c(F)c(F)c(F)c2C(C)C)n[nH]1. The van der Waals surface area contributed by atoms with Gasteiger partial charge >= 0.3 is 0 Å². The maximum Gasteiger partial charge on any atom is 0.198 e. The summed E-state index contributed by atoms with van der Waals surface area (Å²) in [6.45, 7) is 6.94. The molecule has 0 radical (unpaired) electrons. The minimum Gasteiger partial charge on any atom is -0.282 e. The van der Waals surface area contributed by atoms with Crippen molar-refractivity contribution in [2.45, 2.75) is 39.5 Å². The Kier molecular flexibility index (Phi) is 4.07. The van der Waals surface area contributed by atoms with Gasteiger partial charge in [-0.2, -0.15) is 5.10 Å². The highest BCUT2D eigenvalue weighted by Gasteiger charge is 2.28. The molecule has 0 saturated heterocycles. The summed E-state index contributed by atoms with van der Waals surface area (Å²) < 4.78 is 55.1. The molecule has 21 heavy (non-hydrogen) atoms. The third-order valence-corrected chi connectivity index (χ3v) is 3.36. The fourth-order valence-electron chi connectivity index (χ4n) is 2.20. The average Bonchev–Trinajstić information content (AvgIpc) is 2.89. The van der Waals surface area contributed by atoms with Gasteiger partial charge in [0.15, 0.2) is 23.3 Å². The lowest BCUT2D eigenvalue weighted by atomic mass is 9.93. The Bertz CT molecular complexity index is 675. The summed E-state index contributed by atoms with van der Waals surface area (Å²) in [5, 5.41) is 6.60. The first-order chi connectivity index (χ1) is 9.75. The smallest absolute Gasteiger partial charge is 0.198 e. The van der Waals surface area contributed by atoms with Gasteiger partial charge in [-0.15, -0.1) is 0 Å². The Morgan fingerprint density at radius 1 is 0.857 bits per heavy atom. The minimum absolute atomic E-state index is 0.0673. The third kappa shape index (κ3) is 2.54. The summed E-state index contributed by atoms with van der Waals surface area (Å²) in [5.41, 5.74) is 0.222. The van der Waals surface area contributed by atoms with Crippen molar-refractivity contribution >= 4 is 0 Å². The summed E-state index contributed by atoms with van der Waals surface area (Å²) in [6, 6.07) is 1.52. The van der Waals surface area contributed by atoms with Crippen LogP contribution < -0.4 is 0 Å². The topological polar surface area (TPSA) is 28.7 Å². The number of nitrogens with one attached hydrogen (secondary N) is 1. The zero-order valence-corrected chi connectivity index (χ0v) is 12.2. The van der Waals surface area contributed by atoms with Gasteiger partial charge < -0.3 is 0 Å². The van der Waals surface area contributed by atoms with Crippen LogP contribution in [0.2, 0.25) is 0 Å². The number of rotatable bonds is 3. The van der Waals surface area contributed by atoms with Gasteiger partial charge in [0.1, 0.15) is 0 Å². The lowest BCUT2D eigenvalue weighted by Gasteiger charge is -2.14. The molecule has 0 fully saturated rings. The van der Waals surface area contributed by atoms with Crippen LogP contribution in [-0.2, 0) is 0 Å². The second-order valence-electron chi connectivity index (χ2n) is 5.56. The maximum atomic E-state index is 14.1. The monoisotopic (exact) mass is 300 g/mol. The van der Waals surface area contributed by atoms with Gasteiger partial charge in [-0.25, -0.2) is 17.6 Å². The van der Waals surface area contributed by atoms with E-state index < -0.39 is 29.2 Å². The van der Waals surface area contributed by atoms with Crippen LogP contribution in [0.15, 0.2) is 6.07 Å². The van der Waals surface area contributed by atoms with Gasteiger partial charge in [0.05, 0.1) is 5.69 Å². The summed E-state index contributed by atoms with van der Waals surface area (Å²) >= 11 is 0. The van der Waals surface area contributed by atoms with Crippen molar-refractivity contribution in [1.29, 1.82) is 0 Å². The Hall–Kier alpha value is -1.85. The Balaban J connectivity index is 2.77. The molecule has 0 aliphatic carbocycles. The normalized spacial score (nSPS) is 11.7. The van der Waals surface area contributed by atoms with Crippen LogP contribution in [0, 0.1) is 23.3 Å². The highest BCUT2D eigenvalue weighted by Crippen LogP contribution is 2.36. The fourth-order valence-corrected chi connectivity index (χ4v) is 2.20. The number of hydrogen-bond donors (Lipinski definition) is 1. The molecule has 0 spiro atoms. The van der Waals surface area contributed by atoms with Crippen LogP contribution in [0.1, 0.15) is 50.8 Å². The molecule has 0 aliphatic rings. The van der Waals surface area contributed by atoms with Crippen LogP contribution >= 0.6 is 0 Å². The molecule has 6 heteroatoms. The van der Waals surface area contributed by atoms with Gasteiger partial charge in [-0.3, -0.25) is 5.10 Å². The van der Waals surface area contributed by atoms with Crippen molar-refractivity contribution in [3.63, 3.8) is 0 Å². The molecule has 0 amide bonds. The first kappa shape index (κ1) is 15.5. The van der Waals surface area contributed by atoms with E-state index in [4.69, 9.17) is 0 Å². The summed E-state index contributed by atoms with van der Waals surface area (Å²) in [6.07, 6.45) is 0. The van der Waals surface area contributed by atoms with Crippen molar-refractivity contribution in [2.75, 3.05) is 0 Å². The van der Waals surface area contributed by atoms with Crippen molar-refractivity contribution < 1.29 is 17.6 Å². The van der Waals surface area contributed by atoms with E-state index >= 15 is 0 Å². The van der Waals surface area contributed by atoms with Crippen LogP contribution in [0.4, 0.5) is 17.6 Å². The first-order valence-corrected chi connectivity index (χ1v) is 6.67. The van der Waals surface area contributed by atoms with Crippen molar-refractivity contribution in [3.05, 3.63) is 40.6 Å². The minimum atomic E-state index is -1.82. The number of aromatic nitrogens is 2. The molecule has 0 saturated carbocycles. The molecule has 0 atom stereocenters. The van der Waals surface area contributed by atoms with Crippen LogP contribution in [-0.4, -0.2) is 10.2 Å². The zero-order valence-electron chi connectivity index (χ0n) is 12.2. The quantitative estimate of drug-likeness (QED) is 0.488. The molecule has 2 aromatic rings. The van der Waals surface area contributed by atoms with Crippen LogP contribution in [0.25, 0.3) is 11.3 Å². The molecule has 0 unspecified atom stereocenters. The van der Waals surface area contributed by atoms with Crippen molar-refractivity contribution in [2.24, 2.45) is 0 Å². The van der Waals surface area contributed by atoms with E-state index in [0.29, 0.717) is 5.69 Å². The molecular formula is C15H16F4N2. The summed E-state index contributed by atoms with van der Waals surface area (Å²) in [5.74, 6) is -6.83. The Morgan fingerprint density at radius 3 is 1.90 bits per heavy atom. The Labute approximate surface area is 120 Å². The number of nitrogens with zero attached hydrogens (tertiary/aromatic N) is 1. The first-order valence-electron chi connectivity index (χ1n) is 6.67. The van der Waals surface area contributed by atoms with Gasteiger partial charge in [0.2, 0.25) is 0 Å². The highest BCUT2D eigenvalue weighted by molar-refractivity contribution is 5.66. The highest BCUT2D eigenvalue weighted by atomic mass is 19.2. The van der Waals surface area contributed by atoms with E-state index in [1.807, 2.05) is 13.8 Å². The summed E-state index contributed by atoms with van der Waals surface area (Å²) in [7, 11) is 0. The molecule has 1 N–H and O–H groups in total. The molecule has 1 heterocycles. The number of H-pyrrole nitrogens is 1. The number of benzene rings is 1. The van der Waals surface area contributed by atoms with Crippen LogP contribution in [0.5, 0.6) is 0 Å². The van der Waals surface area contributed by atoms with Gasteiger partial charge in [-0.05, 0) is 17.9 Å². The standard InChI is InChI=1S/C15H16F4N2/c1-6(2)8-5-9(21-20-8)11-10(7(3)4)12(16)14(18)15(19)13(11)17/h5-7H,1-4H3,(H,20,21). The van der Waals surface area contributed by atoms with Gasteiger partial charge in [-0.1, -0.05) is 27.7 Å². The third-order valence-electron chi connectivity index (χ3n) is 3.36. The number of aromatic amines is 1.